The fraction of sp³-hybridized carbons (Fsp3) is 0.419. The van der Waals surface area contributed by atoms with Crippen LogP contribution in [0.15, 0.2) is 91.0 Å². The Balaban J connectivity index is 1.64. The summed E-state index contributed by atoms with van der Waals surface area (Å²) < 4.78 is 0. The Bertz CT molecular complexity index is 745. The number of hydrogen-bond acceptors (Lipinski definition) is 1. The van der Waals surface area contributed by atoms with Gasteiger partial charge in [0.1, 0.15) is 0 Å². The number of aliphatic hydroxyl groups excluding tert-OH is 1. The largest absolute Gasteiger partial charge is 0.396 e. The summed E-state index contributed by atoms with van der Waals surface area (Å²) in [7, 11) is 0. The molecule has 0 heterocycles. The molecule has 0 amide bonds. The highest BCUT2D eigenvalue weighted by atomic mass is 16.2. The Labute approximate surface area is 195 Å². The second-order valence-electron chi connectivity index (χ2n) is 9.01. The van der Waals surface area contributed by atoms with Crippen molar-refractivity contribution in [3.63, 3.8) is 0 Å². The molecule has 3 aromatic rings. The number of aliphatic hydroxyl groups is 1. The monoisotopic (exact) mass is 428 g/mol. The number of benzene rings is 3. The molecule has 0 aliphatic carbocycles. The molecule has 0 atom stereocenters. The summed E-state index contributed by atoms with van der Waals surface area (Å²) >= 11 is 0. The van der Waals surface area contributed by atoms with Crippen LogP contribution in [0, 0.1) is 0 Å². The van der Waals surface area contributed by atoms with E-state index in [1.54, 1.807) is 0 Å². The molecule has 1 nitrogen and oxygen atoms in total. The van der Waals surface area contributed by atoms with Crippen LogP contribution in [-0.2, 0) is 5.41 Å². The SMILES string of the molecule is OCCCCCCCCCCCCC(c1ccccc1)(c1ccccc1)c1ccccc1. The van der Waals surface area contributed by atoms with E-state index in [1.807, 2.05) is 0 Å². The van der Waals surface area contributed by atoms with Gasteiger partial charge >= 0.3 is 0 Å². The van der Waals surface area contributed by atoms with Gasteiger partial charge in [-0.3, -0.25) is 0 Å². The lowest BCUT2D eigenvalue weighted by molar-refractivity contribution is 0.282. The first-order valence-electron chi connectivity index (χ1n) is 12.7. The van der Waals surface area contributed by atoms with Gasteiger partial charge in [0, 0.05) is 12.0 Å². The van der Waals surface area contributed by atoms with Crippen molar-refractivity contribution >= 4 is 0 Å². The van der Waals surface area contributed by atoms with Gasteiger partial charge in [0.05, 0.1) is 0 Å². The zero-order chi connectivity index (χ0) is 22.3. The predicted molar refractivity (Wildman–Crippen MR) is 137 cm³/mol. The first kappa shape index (κ1) is 24.3. The quantitative estimate of drug-likeness (QED) is 0.191. The zero-order valence-electron chi connectivity index (χ0n) is 19.6. The van der Waals surface area contributed by atoms with Crippen LogP contribution in [0.25, 0.3) is 0 Å². The van der Waals surface area contributed by atoms with Gasteiger partial charge in [-0.1, -0.05) is 149 Å². The van der Waals surface area contributed by atoms with Crippen LogP contribution in [0.2, 0.25) is 0 Å². The number of hydrogen-bond donors (Lipinski definition) is 1. The Morgan fingerprint density at radius 2 is 0.719 bits per heavy atom. The third kappa shape index (κ3) is 6.81. The fourth-order valence-corrected chi connectivity index (χ4v) is 5.02. The maximum Gasteiger partial charge on any atom is 0.0451 e. The van der Waals surface area contributed by atoms with Crippen molar-refractivity contribution in [2.75, 3.05) is 6.61 Å². The molecule has 0 aliphatic rings. The first-order valence-corrected chi connectivity index (χ1v) is 12.7. The summed E-state index contributed by atoms with van der Waals surface area (Å²) in [5.41, 5.74) is 4.07. The predicted octanol–water partition coefficient (Wildman–Crippen LogP) is 8.30. The second-order valence-corrected chi connectivity index (χ2v) is 9.01. The summed E-state index contributed by atoms with van der Waals surface area (Å²) in [4.78, 5) is 0. The molecule has 3 aromatic carbocycles. The van der Waals surface area contributed by atoms with E-state index in [-0.39, 0.29) is 5.41 Å². The van der Waals surface area contributed by atoms with Crippen molar-refractivity contribution in [1.82, 2.24) is 0 Å². The van der Waals surface area contributed by atoms with E-state index < -0.39 is 0 Å². The van der Waals surface area contributed by atoms with E-state index in [1.165, 1.54) is 74.5 Å². The highest BCUT2D eigenvalue weighted by molar-refractivity contribution is 5.50. The molecule has 0 saturated heterocycles. The maximum absolute atomic E-state index is 8.86. The van der Waals surface area contributed by atoms with E-state index in [2.05, 4.69) is 91.0 Å². The van der Waals surface area contributed by atoms with E-state index >= 15 is 0 Å². The molecule has 0 bridgehead atoms. The molecule has 32 heavy (non-hydrogen) atoms. The summed E-state index contributed by atoms with van der Waals surface area (Å²) in [6.45, 7) is 0.344. The Kier molecular flexibility index (Phi) is 10.5. The molecule has 1 N–H and O–H groups in total. The Hall–Kier alpha value is -2.38. The van der Waals surface area contributed by atoms with Crippen LogP contribution in [-0.4, -0.2) is 11.7 Å². The molecular formula is C31H40O. The van der Waals surface area contributed by atoms with Crippen molar-refractivity contribution in [2.24, 2.45) is 0 Å². The van der Waals surface area contributed by atoms with Crippen LogP contribution in [0.3, 0.4) is 0 Å². The van der Waals surface area contributed by atoms with Crippen molar-refractivity contribution in [2.45, 2.75) is 76.0 Å². The number of rotatable bonds is 15. The lowest BCUT2D eigenvalue weighted by Crippen LogP contribution is -2.29. The average Bonchev–Trinajstić information content (AvgIpc) is 2.87. The minimum atomic E-state index is -0.101. The topological polar surface area (TPSA) is 20.2 Å². The van der Waals surface area contributed by atoms with Crippen LogP contribution in [0.5, 0.6) is 0 Å². The lowest BCUT2D eigenvalue weighted by Gasteiger charge is -2.36. The minimum absolute atomic E-state index is 0.101. The van der Waals surface area contributed by atoms with Crippen molar-refractivity contribution in [1.29, 1.82) is 0 Å². The highest BCUT2D eigenvalue weighted by Gasteiger charge is 2.35. The van der Waals surface area contributed by atoms with Crippen LogP contribution >= 0.6 is 0 Å². The van der Waals surface area contributed by atoms with Gasteiger partial charge in [0.25, 0.3) is 0 Å². The van der Waals surface area contributed by atoms with Crippen LogP contribution in [0.1, 0.15) is 87.3 Å². The summed E-state index contributed by atoms with van der Waals surface area (Å²) in [5, 5.41) is 8.86. The van der Waals surface area contributed by atoms with Gasteiger partial charge in [-0.25, -0.2) is 0 Å². The molecule has 0 unspecified atom stereocenters. The summed E-state index contributed by atoms with van der Waals surface area (Å²) in [6, 6.07) is 33.2. The zero-order valence-corrected chi connectivity index (χ0v) is 19.6. The number of unbranched alkanes of at least 4 members (excludes halogenated alkanes) is 9. The van der Waals surface area contributed by atoms with Gasteiger partial charge in [-0.05, 0) is 29.5 Å². The van der Waals surface area contributed by atoms with E-state index in [9.17, 15) is 0 Å². The Morgan fingerprint density at radius 3 is 1.06 bits per heavy atom. The fourth-order valence-electron chi connectivity index (χ4n) is 5.02. The second kappa shape index (κ2) is 13.9. The normalized spacial score (nSPS) is 11.5. The molecule has 0 spiro atoms. The smallest absolute Gasteiger partial charge is 0.0451 e. The molecule has 0 fully saturated rings. The van der Waals surface area contributed by atoms with E-state index in [4.69, 9.17) is 5.11 Å². The van der Waals surface area contributed by atoms with Crippen LogP contribution in [0.4, 0.5) is 0 Å². The molecule has 0 aromatic heterocycles. The average molecular weight is 429 g/mol. The van der Waals surface area contributed by atoms with E-state index in [0.29, 0.717) is 6.61 Å². The van der Waals surface area contributed by atoms with Gasteiger partial charge in [-0.15, -0.1) is 0 Å². The van der Waals surface area contributed by atoms with Gasteiger partial charge in [0.15, 0.2) is 0 Å². The highest BCUT2D eigenvalue weighted by Crippen LogP contribution is 2.43. The first-order chi connectivity index (χ1) is 15.9. The van der Waals surface area contributed by atoms with Gasteiger partial charge in [0.2, 0.25) is 0 Å². The third-order valence-electron chi connectivity index (χ3n) is 6.76. The summed E-state index contributed by atoms with van der Waals surface area (Å²) in [5.74, 6) is 0. The molecule has 0 saturated carbocycles. The lowest BCUT2D eigenvalue weighted by atomic mass is 9.66. The molecule has 0 radical (unpaired) electrons. The van der Waals surface area contributed by atoms with E-state index in [0.717, 1.165) is 12.8 Å². The third-order valence-corrected chi connectivity index (χ3v) is 6.76. The Morgan fingerprint density at radius 1 is 0.406 bits per heavy atom. The minimum Gasteiger partial charge on any atom is -0.396 e. The summed E-state index contributed by atoms with van der Waals surface area (Å²) in [6.07, 6.45) is 13.7. The maximum atomic E-state index is 8.86. The van der Waals surface area contributed by atoms with Gasteiger partial charge in [-0.2, -0.15) is 0 Å². The molecule has 0 aliphatic heterocycles. The van der Waals surface area contributed by atoms with Crippen molar-refractivity contribution in [3.8, 4) is 0 Å². The molecule has 1 heteroatoms. The van der Waals surface area contributed by atoms with Crippen molar-refractivity contribution in [3.05, 3.63) is 108 Å². The standard InChI is InChI=1S/C31H40O/c32-27-19-8-6-4-2-1-3-5-7-18-26-31(28-20-12-9-13-21-28,29-22-14-10-15-23-29)30-24-16-11-17-25-30/h9-17,20-25,32H,1-8,18-19,26-27H2. The molecular weight excluding hydrogens is 388 g/mol. The molecule has 3 rings (SSSR count). The molecule has 170 valence electrons. The van der Waals surface area contributed by atoms with Crippen molar-refractivity contribution < 1.29 is 5.11 Å². The van der Waals surface area contributed by atoms with Gasteiger partial charge < -0.3 is 5.11 Å². The van der Waals surface area contributed by atoms with Crippen LogP contribution < -0.4 is 0 Å².